The quantitative estimate of drug-likeness (QED) is 0.774. The van der Waals surface area contributed by atoms with Crippen LogP contribution in [0.2, 0.25) is 0 Å². The van der Waals surface area contributed by atoms with E-state index < -0.39 is 11.7 Å². The summed E-state index contributed by atoms with van der Waals surface area (Å²) >= 11 is 0. The molecule has 0 saturated carbocycles. The SMILES string of the molecule is CC(CO)NC(=O)c1ccc(CNC(=O)OC(C)(C)C)cc1. The Hall–Kier alpha value is -2.08. The number of aliphatic hydroxyl groups is 1. The van der Waals surface area contributed by atoms with Crippen LogP contribution in [0.1, 0.15) is 43.6 Å². The van der Waals surface area contributed by atoms with E-state index in [4.69, 9.17) is 9.84 Å². The van der Waals surface area contributed by atoms with E-state index in [1.54, 1.807) is 52.0 Å². The minimum Gasteiger partial charge on any atom is -0.444 e. The van der Waals surface area contributed by atoms with Gasteiger partial charge in [0, 0.05) is 18.2 Å². The first-order valence-electron chi connectivity index (χ1n) is 7.19. The molecule has 0 aliphatic carbocycles. The summed E-state index contributed by atoms with van der Waals surface area (Å²) in [6, 6.07) is 6.57. The summed E-state index contributed by atoms with van der Waals surface area (Å²) in [5, 5.41) is 14.2. The molecule has 2 amide bonds. The lowest BCUT2D eigenvalue weighted by atomic mass is 10.1. The molecule has 122 valence electrons. The van der Waals surface area contributed by atoms with E-state index in [2.05, 4.69) is 10.6 Å². The van der Waals surface area contributed by atoms with Crippen LogP contribution in [0, 0.1) is 0 Å². The van der Waals surface area contributed by atoms with Gasteiger partial charge in [0.2, 0.25) is 0 Å². The number of hydrogen-bond acceptors (Lipinski definition) is 4. The molecular formula is C16H24N2O4. The largest absolute Gasteiger partial charge is 0.444 e. The summed E-state index contributed by atoms with van der Waals surface area (Å²) < 4.78 is 5.14. The molecule has 3 N–H and O–H groups in total. The number of aliphatic hydroxyl groups excluding tert-OH is 1. The third-order valence-corrected chi connectivity index (χ3v) is 2.70. The van der Waals surface area contributed by atoms with Crippen molar-refractivity contribution in [3.8, 4) is 0 Å². The Kier molecular flexibility index (Phi) is 6.37. The van der Waals surface area contributed by atoms with Crippen molar-refractivity contribution in [2.75, 3.05) is 6.61 Å². The molecule has 22 heavy (non-hydrogen) atoms. The second-order valence-electron chi connectivity index (χ2n) is 6.11. The molecule has 1 aromatic carbocycles. The van der Waals surface area contributed by atoms with Gasteiger partial charge in [-0.15, -0.1) is 0 Å². The smallest absolute Gasteiger partial charge is 0.407 e. The van der Waals surface area contributed by atoms with Crippen LogP contribution in [0.15, 0.2) is 24.3 Å². The van der Waals surface area contributed by atoms with E-state index >= 15 is 0 Å². The minimum absolute atomic E-state index is 0.108. The van der Waals surface area contributed by atoms with Gasteiger partial charge in [-0.1, -0.05) is 12.1 Å². The number of carbonyl (C=O) groups is 2. The predicted molar refractivity (Wildman–Crippen MR) is 83.5 cm³/mol. The highest BCUT2D eigenvalue weighted by Gasteiger charge is 2.15. The molecule has 0 spiro atoms. The zero-order valence-corrected chi connectivity index (χ0v) is 13.5. The van der Waals surface area contributed by atoms with Gasteiger partial charge in [0.05, 0.1) is 6.61 Å². The molecule has 1 rings (SSSR count). The van der Waals surface area contributed by atoms with Crippen molar-refractivity contribution in [1.29, 1.82) is 0 Å². The Balaban J connectivity index is 2.51. The third kappa shape index (κ3) is 6.58. The molecule has 1 unspecified atom stereocenters. The highest BCUT2D eigenvalue weighted by atomic mass is 16.6. The van der Waals surface area contributed by atoms with E-state index in [0.29, 0.717) is 12.1 Å². The Morgan fingerprint density at radius 3 is 2.32 bits per heavy atom. The highest BCUT2D eigenvalue weighted by Crippen LogP contribution is 2.08. The van der Waals surface area contributed by atoms with Crippen LogP contribution in [-0.4, -0.2) is 35.4 Å². The molecule has 1 atom stereocenters. The highest BCUT2D eigenvalue weighted by molar-refractivity contribution is 5.94. The van der Waals surface area contributed by atoms with Gasteiger partial charge < -0.3 is 20.5 Å². The number of amides is 2. The lowest BCUT2D eigenvalue weighted by Gasteiger charge is -2.19. The lowest BCUT2D eigenvalue weighted by molar-refractivity contribution is 0.0523. The maximum atomic E-state index is 11.8. The van der Waals surface area contributed by atoms with E-state index in [-0.39, 0.29) is 18.6 Å². The Morgan fingerprint density at radius 2 is 1.82 bits per heavy atom. The summed E-state index contributed by atoms with van der Waals surface area (Å²) in [7, 11) is 0. The van der Waals surface area contributed by atoms with Gasteiger partial charge in [-0.05, 0) is 45.4 Å². The summed E-state index contributed by atoms with van der Waals surface area (Å²) in [6.45, 7) is 7.33. The molecular weight excluding hydrogens is 284 g/mol. The van der Waals surface area contributed by atoms with Crippen molar-refractivity contribution >= 4 is 12.0 Å². The van der Waals surface area contributed by atoms with Crippen molar-refractivity contribution in [2.45, 2.75) is 45.9 Å². The first kappa shape index (κ1) is 18.0. The third-order valence-electron chi connectivity index (χ3n) is 2.70. The Labute approximate surface area is 130 Å². The van der Waals surface area contributed by atoms with Gasteiger partial charge in [-0.3, -0.25) is 4.79 Å². The molecule has 0 heterocycles. The second kappa shape index (κ2) is 7.79. The molecule has 0 radical (unpaired) electrons. The number of hydrogen-bond donors (Lipinski definition) is 3. The van der Waals surface area contributed by atoms with Crippen molar-refractivity contribution in [2.24, 2.45) is 0 Å². The normalized spacial score (nSPS) is 12.4. The molecule has 0 aliphatic rings. The predicted octanol–water partition coefficient (Wildman–Crippen LogP) is 1.82. The monoisotopic (exact) mass is 308 g/mol. The maximum Gasteiger partial charge on any atom is 0.407 e. The molecule has 6 heteroatoms. The van der Waals surface area contributed by atoms with Gasteiger partial charge in [0.25, 0.3) is 5.91 Å². The van der Waals surface area contributed by atoms with Crippen LogP contribution in [0.5, 0.6) is 0 Å². The molecule has 1 aromatic rings. The average Bonchev–Trinajstić information content (AvgIpc) is 2.43. The average molecular weight is 308 g/mol. The second-order valence-corrected chi connectivity index (χ2v) is 6.11. The number of carbonyl (C=O) groups excluding carboxylic acids is 2. The molecule has 0 aliphatic heterocycles. The van der Waals surface area contributed by atoms with Crippen molar-refractivity contribution in [3.05, 3.63) is 35.4 Å². The van der Waals surface area contributed by atoms with Gasteiger partial charge in [-0.25, -0.2) is 4.79 Å². The summed E-state index contributed by atoms with van der Waals surface area (Å²) in [5.74, 6) is -0.242. The first-order chi connectivity index (χ1) is 10.2. The summed E-state index contributed by atoms with van der Waals surface area (Å²) in [4.78, 5) is 23.4. The van der Waals surface area contributed by atoms with Gasteiger partial charge >= 0.3 is 6.09 Å². The van der Waals surface area contributed by atoms with E-state index in [9.17, 15) is 9.59 Å². The van der Waals surface area contributed by atoms with Gasteiger partial charge in [0.15, 0.2) is 0 Å². The van der Waals surface area contributed by atoms with E-state index in [1.165, 1.54) is 0 Å². The molecule has 6 nitrogen and oxygen atoms in total. The van der Waals surface area contributed by atoms with Gasteiger partial charge in [-0.2, -0.15) is 0 Å². The zero-order valence-electron chi connectivity index (χ0n) is 13.5. The van der Waals surface area contributed by atoms with Crippen LogP contribution in [0.25, 0.3) is 0 Å². The zero-order chi connectivity index (χ0) is 16.8. The van der Waals surface area contributed by atoms with Crippen LogP contribution < -0.4 is 10.6 Å². The minimum atomic E-state index is -0.532. The van der Waals surface area contributed by atoms with E-state index in [0.717, 1.165) is 5.56 Å². The lowest BCUT2D eigenvalue weighted by Crippen LogP contribution is -2.35. The fourth-order valence-corrected chi connectivity index (χ4v) is 1.62. The van der Waals surface area contributed by atoms with Crippen molar-refractivity contribution < 1.29 is 19.4 Å². The molecule has 0 aromatic heterocycles. The van der Waals surface area contributed by atoms with E-state index in [1.807, 2.05) is 0 Å². The number of nitrogens with one attached hydrogen (secondary N) is 2. The molecule has 0 saturated heterocycles. The Morgan fingerprint density at radius 1 is 1.23 bits per heavy atom. The van der Waals surface area contributed by atoms with Crippen LogP contribution in [-0.2, 0) is 11.3 Å². The number of alkyl carbamates (subject to hydrolysis) is 1. The molecule has 0 fully saturated rings. The topological polar surface area (TPSA) is 87.7 Å². The number of rotatable bonds is 5. The fraction of sp³-hybridized carbons (Fsp3) is 0.500. The Bertz CT molecular complexity index is 506. The van der Waals surface area contributed by atoms with Crippen LogP contribution in [0.4, 0.5) is 4.79 Å². The number of benzene rings is 1. The van der Waals surface area contributed by atoms with Crippen LogP contribution >= 0.6 is 0 Å². The van der Waals surface area contributed by atoms with Gasteiger partial charge in [0.1, 0.15) is 5.60 Å². The fourth-order valence-electron chi connectivity index (χ4n) is 1.62. The first-order valence-corrected chi connectivity index (χ1v) is 7.19. The molecule has 0 bridgehead atoms. The van der Waals surface area contributed by atoms with Crippen molar-refractivity contribution in [1.82, 2.24) is 10.6 Å². The summed E-state index contributed by atoms with van der Waals surface area (Å²) in [5.41, 5.74) is 0.828. The standard InChI is InChI=1S/C16H24N2O4/c1-11(10-19)18-14(20)13-7-5-12(6-8-13)9-17-15(21)22-16(2,3)4/h5-8,11,19H,9-10H2,1-4H3,(H,17,21)(H,18,20). The number of ether oxygens (including phenoxy) is 1. The summed E-state index contributed by atoms with van der Waals surface area (Å²) in [6.07, 6.45) is -0.480. The maximum absolute atomic E-state index is 11.8. The van der Waals surface area contributed by atoms with Crippen molar-refractivity contribution in [3.63, 3.8) is 0 Å². The van der Waals surface area contributed by atoms with Crippen LogP contribution in [0.3, 0.4) is 0 Å².